The van der Waals surface area contributed by atoms with E-state index in [0.717, 1.165) is 18.4 Å². The Morgan fingerprint density at radius 2 is 1.84 bits per heavy atom. The molecule has 0 aromatic heterocycles. The summed E-state index contributed by atoms with van der Waals surface area (Å²) in [6.07, 6.45) is 1.68. The van der Waals surface area contributed by atoms with E-state index in [9.17, 15) is 4.79 Å². The highest BCUT2D eigenvalue weighted by atomic mass is 16.2. The molecule has 3 heteroatoms. The zero-order valence-corrected chi connectivity index (χ0v) is 12.5. The quantitative estimate of drug-likeness (QED) is 0.857. The molecular formula is C16H26N2O. The van der Waals surface area contributed by atoms with Gasteiger partial charge in [-0.15, -0.1) is 0 Å². The molecule has 0 fully saturated rings. The van der Waals surface area contributed by atoms with Crippen molar-refractivity contribution in [2.45, 2.75) is 52.1 Å². The monoisotopic (exact) mass is 262 g/mol. The van der Waals surface area contributed by atoms with Gasteiger partial charge in [0.15, 0.2) is 0 Å². The fourth-order valence-corrected chi connectivity index (χ4v) is 2.08. The number of rotatable bonds is 6. The van der Waals surface area contributed by atoms with Gasteiger partial charge in [0, 0.05) is 13.6 Å². The summed E-state index contributed by atoms with van der Waals surface area (Å²) in [7, 11) is 1.81. The third kappa shape index (κ3) is 4.67. The Labute approximate surface area is 116 Å². The van der Waals surface area contributed by atoms with Crippen LogP contribution in [-0.4, -0.2) is 23.9 Å². The Morgan fingerprint density at radius 1 is 1.26 bits per heavy atom. The van der Waals surface area contributed by atoms with Crippen molar-refractivity contribution < 1.29 is 4.79 Å². The molecule has 2 N–H and O–H groups in total. The largest absolute Gasteiger partial charge is 0.340 e. The van der Waals surface area contributed by atoms with Crippen LogP contribution in [0.2, 0.25) is 0 Å². The molecule has 0 spiro atoms. The van der Waals surface area contributed by atoms with Crippen LogP contribution in [0.15, 0.2) is 24.3 Å². The van der Waals surface area contributed by atoms with Gasteiger partial charge in [0.2, 0.25) is 5.91 Å². The predicted molar refractivity (Wildman–Crippen MR) is 79.9 cm³/mol. The van der Waals surface area contributed by atoms with E-state index in [1.54, 1.807) is 4.90 Å². The standard InChI is InChI=1S/C16H26N2O/c1-5-6-15(17)16(19)18(4)11-13-7-9-14(10-8-13)12(2)3/h7-10,12,15H,5-6,11,17H2,1-4H3/t15-/m1/s1. The van der Waals surface area contributed by atoms with Gasteiger partial charge in [-0.05, 0) is 23.5 Å². The topological polar surface area (TPSA) is 46.3 Å². The third-order valence-corrected chi connectivity index (χ3v) is 3.36. The molecule has 1 atom stereocenters. The number of carbonyl (C=O) groups excluding carboxylic acids is 1. The summed E-state index contributed by atoms with van der Waals surface area (Å²) in [5.74, 6) is 0.557. The normalized spacial score (nSPS) is 12.5. The molecule has 0 aliphatic heterocycles. The van der Waals surface area contributed by atoms with E-state index in [-0.39, 0.29) is 11.9 Å². The number of amides is 1. The molecule has 0 bridgehead atoms. The molecule has 19 heavy (non-hydrogen) atoms. The van der Waals surface area contributed by atoms with Gasteiger partial charge in [-0.2, -0.15) is 0 Å². The van der Waals surface area contributed by atoms with Crippen LogP contribution in [0.5, 0.6) is 0 Å². The highest BCUT2D eigenvalue weighted by Crippen LogP contribution is 2.15. The Hall–Kier alpha value is -1.35. The Bertz CT molecular complexity index is 398. The van der Waals surface area contributed by atoms with E-state index in [4.69, 9.17) is 5.73 Å². The SMILES string of the molecule is CCC[C@@H](N)C(=O)N(C)Cc1ccc(C(C)C)cc1. The zero-order chi connectivity index (χ0) is 14.4. The second-order valence-electron chi connectivity index (χ2n) is 5.49. The second-order valence-corrected chi connectivity index (χ2v) is 5.49. The summed E-state index contributed by atoms with van der Waals surface area (Å²) in [5, 5.41) is 0. The molecule has 0 aliphatic carbocycles. The molecule has 1 aromatic rings. The first-order valence-electron chi connectivity index (χ1n) is 7.05. The van der Waals surface area contributed by atoms with Gasteiger partial charge in [0.25, 0.3) is 0 Å². The Kier molecular flexibility index (Phi) is 6.03. The van der Waals surface area contributed by atoms with Crippen LogP contribution in [-0.2, 0) is 11.3 Å². The molecule has 0 aliphatic rings. The average molecular weight is 262 g/mol. The highest BCUT2D eigenvalue weighted by molar-refractivity contribution is 5.81. The number of hydrogen-bond donors (Lipinski definition) is 1. The second kappa shape index (κ2) is 7.29. The lowest BCUT2D eigenvalue weighted by atomic mass is 10.0. The summed E-state index contributed by atoms with van der Waals surface area (Å²) in [4.78, 5) is 13.7. The van der Waals surface area contributed by atoms with Crippen molar-refractivity contribution in [1.29, 1.82) is 0 Å². The van der Waals surface area contributed by atoms with Gasteiger partial charge in [0.05, 0.1) is 6.04 Å². The number of nitrogens with zero attached hydrogens (tertiary/aromatic N) is 1. The third-order valence-electron chi connectivity index (χ3n) is 3.36. The first-order chi connectivity index (χ1) is 8.95. The molecule has 0 radical (unpaired) electrons. The van der Waals surface area contributed by atoms with Crippen molar-refractivity contribution in [3.05, 3.63) is 35.4 Å². The van der Waals surface area contributed by atoms with Crippen LogP contribution in [0.4, 0.5) is 0 Å². The van der Waals surface area contributed by atoms with Crippen LogP contribution in [0.3, 0.4) is 0 Å². The molecule has 106 valence electrons. The first kappa shape index (κ1) is 15.7. The van der Waals surface area contributed by atoms with Gasteiger partial charge in [-0.1, -0.05) is 51.5 Å². The predicted octanol–water partition coefficient (Wildman–Crippen LogP) is 2.90. The van der Waals surface area contributed by atoms with E-state index in [1.165, 1.54) is 5.56 Å². The zero-order valence-electron chi connectivity index (χ0n) is 12.5. The van der Waals surface area contributed by atoms with E-state index >= 15 is 0 Å². The summed E-state index contributed by atoms with van der Waals surface area (Å²) in [6, 6.07) is 8.06. The number of hydrogen-bond acceptors (Lipinski definition) is 2. The van der Waals surface area contributed by atoms with E-state index in [0.29, 0.717) is 12.5 Å². The minimum absolute atomic E-state index is 0.0230. The lowest BCUT2D eigenvalue weighted by Gasteiger charge is -2.21. The van der Waals surface area contributed by atoms with Crippen molar-refractivity contribution >= 4 is 5.91 Å². The van der Waals surface area contributed by atoms with Crippen LogP contribution in [0.1, 0.15) is 50.7 Å². The molecule has 1 rings (SSSR count). The Balaban J connectivity index is 2.61. The van der Waals surface area contributed by atoms with Crippen molar-refractivity contribution in [1.82, 2.24) is 4.90 Å². The van der Waals surface area contributed by atoms with E-state index in [2.05, 4.69) is 38.1 Å². The van der Waals surface area contributed by atoms with Crippen molar-refractivity contribution in [2.24, 2.45) is 5.73 Å². The first-order valence-corrected chi connectivity index (χ1v) is 7.05. The summed E-state index contributed by atoms with van der Waals surface area (Å²) >= 11 is 0. The van der Waals surface area contributed by atoms with Gasteiger partial charge >= 0.3 is 0 Å². The lowest BCUT2D eigenvalue weighted by molar-refractivity contribution is -0.131. The molecule has 0 saturated carbocycles. The molecule has 0 unspecified atom stereocenters. The van der Waals surface area contributed by atoms with Crippen LogP contribution in [0.25, 0.3) is 0 Å². The molecule has 0 saturated heterocycles. The van der Waals surface area contributed by atoms with Crippen molar-refractivity contribution in [3.63, 3.8) is 0 Å². The Morgan fingerprint density at radius 3 is 2.32 bits per heavy atom. The number of benzene rings is 1. The van der Waals surface area contributed by atoms with Crippen molar-refractivity contribution in [2.75, 3.05) is 7.05 Å². The number of carbonyl (C=O) groups is 1. The summed E-state index contributed by atoms with van der Waals surface area (Å²) < 4.78 is 0. The molecule has 1 amide bonds. The van der Waals surface area contributed by atoms with Gasteiger partial charge in [0.1, 0.15) is 0 Å². The van der Waals surface area contributed by atoms with Crippen LogP contribution in [0, 0.1) is 0 Å². The lowest BCUT2D eigenvalue weighted by Crippen LogP contribution is -2.41. The van der Waals surface area contributed by atoms with Crippen molar-refractivity contribution in [3.8, 4) is 0 Å². The van der Waals surface area contributed by atoms with Crippen LogP contribution < -0.4 is 5.73 Å². The average Bonchev–Trinajstić information content (AvgIpc) is 2.38. The van der Waals surface area contributed by atoms with Crippen LogP contribution >= 0.6 is 0 Å². The maximum Gasteiger partial charge on any atom is 0.239 e. The molecule has 1 aromatic carbocycles. The van der Waals surface area contributed by atoms with E-state index < -0.39 is 0 Å². The molecule has 0 heterocycles. The fraction of sp³-hybridized carbons (Fsp3) is 0.562. The smallest absolute Gasteiger partial charge is 0.239 e. The van der Waals surface area contributed by atoms with Gasteiger partial charge in [-0.3, -0.25) is 4.79 Å². The minimum atomic E-state index is -0.370. The van der Waals surface area contributed by atoms with E-state index in [1.807, 2.05) is 14.0 Å². The maximum absolute atomic E-state index is 12.0. The maximum atomic E-state index is 12.0. The van der Waals surface area contributed by atoms with Gasteiger partial charge in [-0.25, -0.2) is 0 Å². The minimum Gasteiger partial charge on any atom is -0.340 e. The summed E-state index contributed by atoms with van der Waals surface area (Å²) in [5.41, 5.74) is 8.32. The number of nitrogens with two attached hydrogens (primary N) is 1. The highest BCUT2D eigenvalue weighted by Gasteiger charge is 2.17. The van der Waals surface area contributed by atoms with Gasteiger partial charge < -0.3 is 10.6 Å². The summed E-state index contributed by atoms with van der Waals surface area (Å²) in [6.45, 7) is 7.01. The number of likely N-dealkylation sites (N-methyl/N-ethyl adjacent to an activating group) is 1. The molecule has 3 nitrogen and oxygen atoms in total. The fourth-order valence-electron chi connectivity index (χ4n) is 2.08. The molecular weight excluding hydrogens is 236 g/mol.